The van der Waals surface area contributed by atoms with Crippen LogP contribution in [0.4, 0.5) is 11.4 Å². The average molecular weight is 435 g/mol. The van der Waals surface area contributed by atoms with E-state index in [0.717, 1.165) is 4.47 Å². The van der Waals surface area contributed by atoms with Crippen LogP contribution in [0.15, 0.2) is 39.4 Å². The van der Waals surface area contributed by atoms with Crippen LogP contribution in [-0.4, -0.2) is 15.8 Å². The van der Waals surface area contributed by atoms with Gasteiger partial charge in [0.05, 0.1) is 10.6 Å². The lowest BCUT2D eigenvalue weighted by Crippen LogP contribution is -2.14. The Morgan fingerprint density at radius 1 is 1.33 bits per heavy atom. The Kier molecular flexibility index (Phi) is 4.92. The summed E-state index contributed by atoms with van der Waals surface area (Å²) in [6.45, 7) is 0. The minimum Gasteiger partial charge on any atom is -0.321 e. The molecule has 0 aliphatic rings. The lowest BCUT2D eigenvalue weighted by Gasteiger charge is -2.08. The molecule has 0 saturated carbocycles. The summed E-state index contributed by atoms with van der Waals surface area (Å²) in [5, 5.41) is 13.2. The van der Waals surface area contributed by atoms with Crippen LogP contribution in [0.25, 0.3) is 0 Å². The van der Waals surface area contributed by atoms with Gasteiger partial charge in [0.25, 0.3) is 5.91 Å². The summed E-state index contributed by atoms with van der Waals surface area (Å²) in [5.41, 5.74) is -0.204. The molecule has 6 nitrogen and oxygen atoms in total. The largest absolute Gasteiger partial charge is 0.321 e. The van der Waals surface area contributed by atoms with Gasteiger partial charge in [-0.2, -0.15) is 0 Å². The third-order valence-corrected chi connectivity index (χ3v) is 3.91. The van der Waals surface area contributed by atoms with Gasteiger partial charge in [0.1, 0.15) is 5.56 Å². The third-order valence-electron chi connectivity index (χ3n) is 2.49. The Morgan fingerprint density at radius 2 is 2.05 bits per heavy atom. The first-order valence-electron chi connectivity index (χ1n) is 5.45. The molecule has 1 aromatic heterocycles. The monoisotopic (exact) mass is 433 g/mol. The highest BCUT2D eigenvalue weighted by molar-refractivity contribution is 9.11. The minimum atomic E-state index is -0.735. The van der Waals surface area contributed by atoms with Crippen molar-refractivity contribution in [3.63, 3.8) is 0 Å². The highest BCUT2D eigenvalue weighted by Crippen LogP contribution is 2.29. The van der Waals surface area contributed by atoms with Crippen LogP contribution in [0.2, 0.25) is 5.15 Å². The smallest absolute Gasteiger partial charge is 0.319 e. The second-order valence-electron chi connectivity index (χ2n) is 3.83. The first-order chi connectivity index (χ1) is 9.90. The average Bonchev–Trinajstić information content (AvgIpc) is 2.41. The highest BCUT2D eigenvalue weighted by Gasteiger charge is 2.25. The molecule has 9 heteroatoms. The molecule has 1 aromatic carbocycles. The van der Waals surface area contributed by atoms with Crippen molar-refractivity contribution in [2.45, 2.75) is 0 Å². The van der Waals surface area contributed by atoms with Gasteiger partial charge in [-0.3, -0.25) is 14.9 Å². The number of hydrogen-bond acceptors (Lipinski definition) is 4. The summed E-state index contributed by atoms with van der Waals surface area (Å²) in [4.78, 5) is 26.1. The van der Waals surface area contributed by atoms with Crippen LogP contribution in [-0.2, 0) is 0 Å². The summed E-state index contributed by atoms with van der Waals surface area (Å²) in [6.07, 6.45) is 1.24. The fraction of sp³-hybridized carbons (Fsp3) is 0. The Hall–Kier alpha value is -1.51. The van der Waals surface area contributed by atoms with E-state index < -0.39 is 16.5 Å². The van der Waals surface area contributed by atoms with E-state index in [0.29, 0.717) is 10.2 Å². The second kappa shape index (κ2) is 6.50. The van der Waals surface area contributed by atoms with Crippen molar-refractivity contribution < 1.29 is 9.72 Å². The number of aromatic nitrogens is 1. The van der Waals surface area contributed by atoms with Gasteiger partial charge < -0.3 is 5.32 Å². The number of benzene rings is 1. The Morgan fingerprint density at radius 3 is 2.67 bits per heavy atom. The van der Waals surface area contributed by atoms with Crippen molar-refractivity contribution in [3.8, 4) is 0 Å². The van der Waals surface area contributed by atoms with Gasteiger partial charge >= 0.3 is 5.69 Å². The summed E-state index contributed by atoms with van der Waals surface area (Å²) in [6, 6.07) is 6.37. The van der Waals surface area contributed by atoms with Gasteiger partial charge in [0, 0.05) is 15.1 Å². The molecule has 21 heavy (non-hydrogen) atoms. The number of pyridine rings is 1. The minimum absolute atomic E-state index is 0.158. The van der Waals surface area contributed by atoms with E-state index in [1.165, 1.54) is 12.3 Å². The quantitative estimate of drug-likeness (QED) is 0.439. The van der Waals surface area contributed by atoms with Gasteiger partial charge in [-0.15, -0.1) is 0 Å². The first-order valence-corrected chi connectivity index (χ1v) is 7.42. The van der Waals surface area contributed by atoms with E-state index >= 15 is 0 Å². The van der Waals surface area contributed by atoms with E-state index in [2.05, 4.69) is 42.2 Å². The lowest BCUT2D eigenvalue weighted by molar-refractivity contribution is -0.385. The van der Waals surface area contributed by atoms with E-state index in [4.69, 9.17) is 11.6 Å². The molecule has 0 bridgehead atoms. The predicted molar refractivity (Wildman–Crippen MR) is 85.7 cm³/mol. The van der Waals surface area contributed by atoms with E-state index in [1.807, 2.05) is 0 Å². The van der Waals surface area contributed by atoms with Crippen molar-refractivity contribution in [1.82, 2.24) is 4.98 Å². The van der Waals surface area contributed by atoms with Crippen molar-refractivity contribution in [2.24, 2.45) is 0 Å². The van der Waals surface area contributed by atoms with Crippen LogP contribution >= 0.6 is 43.5 Å². The number of carbonyl (C=O) groups is 1. The van der Waals surface area contributed by atoms with Crippen molar-refractivity contribution in [3.05, 3.63) is 60.2 Å². The van der Waals surface area contributed by atoms with E-state index in [1.54, 1.807) is 18.2 Å². The SMILES string of the molecule is O=C(Nc1ccc(Br)cc1Br)c1ccnc(Cl)c1[N+](=O)[O-]. The molecule has 1 heterocycles. The number of nitrogens with zero attached hydrogens (tertiary/aromatic N) is 2. The number of amides is 1. The summed E-state index contributed by atoms with van der Waals surface area (Å²) >= 11 is 12.3. The number of nitrogens with one attached hydrogen (secondary N) is 1. The highest BCUT2D eigenvalue weighted by atomic mass is 79.9. The standard InChI is InChI=1S/C12H6Br2ClN3O3/c13-6-1-2-9(8(14)5-6)17-12(19)7-3-4-16-11(15)10(7)18(20)21/h1-5H,(H,17,19). The number of halogens is 3. The molecule has 0 aliphatic carbocycles. The van der Waals surface area contributed by atoms with Crippen LogP contribution in [0.3, 0.4) is 0 Å². The topological polar surface area (TPSA) is 85.1 Å². The van der Waals surface area contributed by atoms with Gasteiger partial charge in [-0.25, -0.2) is 4.98 Å². The molecule has 0 radical (unpaired) electrons. The van der Waals surface area contributed by atoms with Crippen LogP contribution < -0.4 is 5.32 Å². The van der Waals surface area contributed by atoms with Gasteiger partial charge in [0.2, 0.25) is 5.15 Å². The number of carbonyl (C=O) groups excluding carboxylic acids is 1. The number of rotatable bonds is 3. The maximum Gasteiger partial charge on any atom is 0.319 e. The van der Waals surface area contributed by atoms with Crippen molar-refractivity contribution in [2.75, 3.05) is 5.32 Å². The lowest BCUT2D eigenvalue weighted by atomic mass is 10.2. The molecule has 108 valence electrons. The molecule has 2 rings (SSSR count). The molecule has 0 spiro atoms. The zero-order chi connectivity index (χ0) is 15.6. The summed E-state index contributed by atoms with van der Waals surface area (Å²) in [5.74, 6) is -0.644. The molecule has 0 fully saturated rings. The molecule has 0 aliphatic heterocycles. The third kappa shape index (κ3) is 3.58. The van der Waals surface area contributed by atoms with Crippen LogP contribution in [0.5, 0.6) is 0 Å². The van der Waals surface area contributed by atoms with Crippen molar-refractivity contribution in [1.29, 1.82) is 0 Å². The normalized spacial score (nSPS) is 10.2. The number of hydrogen-bond donors (Lipinski definition) is 1. The fourth-order valence-corrected chi connectivity index (χ4v) is 2.94. The molecular weight excluding hydrogens is 429 g/mol. The van der Waals surface area contributed by atoms with Crippen LogP contribution in [0.1, 0.15) is 10.4 Å². The first kappa shape index (κ1) is 15.9. The van der Waals surface area contributed by atoms with Gasteiger partial charge in [-0.05, 0) is 40.2 Å². The summed E-state index contributed by atoms with van der Waals surface area (Å²) < 4.78 is 1.46. The predicted octanol–water partition coefficient (Wildman–Crippen LogP) is 4.42. The molecule has 2 aromatic rings. The number of nitro groups is 1. The Bertz CT molecular complexity index is 740. The van der Waals surface area contributed by atoms with Crippen LogP contribution in [0, 0.1) is 10.1 Å². The Balaban J connectivity index is 2.37. The molecule has 0 unspecified atom stereocenters. The second-order valence-corrected chi connectivity index (χ2v) is 5.96. The van der Waals surface area contributed by atoms with Gasteiger partial charge in [-0.1, -0.05) is 27.5 Å². The van der Waals surface area contributed by atoms with E-state index in [9.17, 15) is 14.9 Å². The molecule has 1 amide bonds. The number of anilines is 1. The zero-order valence-corrected chi connectivity index (χ0v) is 14.1. The van der Waals surface area contributed by atoms with E-state index in [-0.39, 0.29) is 10.7 Å². The molecule has 1 N–H and O–H groups in total. The zero-order valence-electron chi connectivity index (χ0n) is 10.1. The maximum absolute atomic E-state index is 12.2. The molecular formula is C12H6Br2ClN3O3. The summed E-state index contributed by atoms with van der Waals surface area (Å²) in [7, 11) is 0. The molecule has 0 atom stereocenters. The van der Waals surface area contributed by atoms with Gasteiger partial charge in [0.15, 0.2) is 0 Å². The van der Waals surface area contributed by atoms with Crippen molar-refractivity contribution >= 4 is 60.7 Å². The molecule has 0 saturated heterocycles. The Labute approximate surface area is 140 Å². The fourth-order valence-electron chi connectivity index (χ4n) is 1.57. The maximum atomic E-state index is 12.2.